The predicted molar refractivity (Wildman–Crippen MR) is 112 cm³/mol. The number of nitrogens with zero attached hydrogens (tertiary/aromatic N) is 4. The van der Waals surface area contributed by atoms with E-state index < -0.39 is 0 Å². The minimum absolute atomic E-state index is 1.05. The molecule has 0 amide bonds. The van der Waals surface area contributed by atoms with E-state index in [-0.39, 0.29) is 0 Å². The zero-order valence-corrected chi connectivity index (χ0v) is 16.8. The van der Waals surface area contributed by atoms with Crippen LogP contribution >= 0.6 is 0 Å². The number of benzene rings is 2. The largest absolute Gasteiger partial charge is 0.272 e. The lowest BCUT2D eigenvalue weighted by Crippen LogP contribution is -1.95. The van der Waals surface area contributed by atoms with Gasteiger partial charge >= 0.3 is 0 Å². The third-order valence-corrected chi connectivity index (χ3v) is 6.08. The first-order valence-electron chi connectivity index (χ1n) is 9.76. The predicted octanol–water partition coefficient (Wildman–Crippen LogP) is 4.60. The molecule has 0 saturated carbocycles. The number of hydrogen-bond acceptors (Lipinski definition) is 2. The van der Waals surface area contributed by atoms with Gasteiger partial charge in [0, 0.05) is 54.9 Å². The van der Waals surface area contributed by atoms with Crippen LogP contribution in [0.2, 0.25) is 0 Å². The summed E-state index contributed by atoms with van der Waals surface area (Å²) in [4.78, 5) is 0. The highest BCUT2D eigenvalue weighted by atomic mass is 15.3. The van der Waals surface area contributed by atoms with Crippen molar-refractivity contribution < 1.29 is 0 Å². The van der Waals surface area contributed by atoms with E-state index >= 15 is 0 Å². The lowest BCUT2D eigenvalue weighted by molar-refractivity contribution is 0.739. The summed E-state index contributed by atoms with van der Waals surface area (Å²) in [7, 11) is 4.03. The molecule has 4 heteroatoms. The van der Waals surface area contributed by atoms with Crippen LogP contribution in [0.4, 0.5) is 0 Å². The molecule has 2 heterocycles. The Morgan fingerprint density at radius 1 is 0.714 bits per heavy atom. The SMILES string of the molecule is Cc1c2c(nn1C)-c1ccccc1C2.Cc1nn(C)c2c1Cc1ccccc1-2. The highest BCUT2D eigenvalue weighted by molar-refractivity contribution is 5.75. The molecule has 28 heavy (non-hydrogen) atoms. The van der Waals surface area contributed by atoms with Crippen LogP contribution in [0.25, 0.3) is 22.5 Å². The number of aromatic nitrogens is 4. The molecule has 140 valence electrons. The van der Waals surface area contributed by atoms with Gasteiger partial charge in [-0.2, -0.15) is 10.2 Å². The summed E-state index contributed by atoms with van der Waals surface area (Å²) >= 11 is 0. The van der Waals surface area contributed by atoms with Crippen molar-refractivity contribution in [2.45, 2.75) is 26.7 Å². The highest BCUT2D eigenvalue weighted by Gasteiger charge is 2.24. The Labute approximate surface area is 165 Å². The summed E-state index contributed by atoms with van der Waals surface area (Å²) < 4.78 is 3.97. The van der Waals surface area contributed by atoms with Gasteiger partial charge in [0.05, 0.1) is 17.1 Å². The van der Waals surface area contributed by atoms with Gasteiger partial charge < -0.3 is 0 Å². The second kappa shape index (κ2) is 6.20. The first-order valence-corrected chi connectivity index (χ1v) is 9.76. The van der Waals surface area contributed by atoms with Crippen LogP contribution in [-0.2, 0) is 26.9 Å². The van der Waals surface area contributed by atoms with Gasteiger partial charge in [0.2, 0.25) is 0 Å². The van der Waals surface area contributed by atoms with E-state index in [2.05, 4.69) is 72.6 Å². The molecule has 0 aliphatic heterocycles. The molecule has 4 aromatic rings. The number of hydrogen-bond donors (Lipinski definition) is 0. The molecule has 0 atom stereocenters. The van der Waals surface area contributed by atoms with Crippen LogP contribution in [0.15, 0.2) is 48.5 Å². The molecule has 4 nitrogen and oxygen atoms in total. The fourth-order valence-electron chi connectivity index (χ4n) is 4.52. The molecule has 0 fully saturated rings. The molecule has 2 aromatic heterocycles. The van der Waals surface area contributed by atoms with Gasteiger partial charge in [0.1, 0.15) is 0 Å². The van der Waals surface area contributed by atoms with Crippen LogP contribution in [0.3, 0.4) is 0 Å². The summed E-state index contributed by atoms with van der Waals surface area (Å²) in [5, 5.41) is 9.00. The van der Waals surface area contributed by atoms with E-state index in [4.69, 9.17) is 0 Å². The second-order valence-electron chi connectivity index (χ2n) is 7.74. The summed E-state index contributed by atoms with van der Waals surface area (Å²) in [6, 6.07) is 17.1. The van der Waals surface area contributed by atoms with Gasteiger partial charge in [-0.3, -0.25) is 9.36 Å². The van der Waals surface area contributed by atoms with Crippen molar-refractivity contribution in [1.29, 1.82) is 0 Å². The second-order valence-corrected chi connectivity index (χ2v) is 7.74. The summed E-state index contributed by atoms with van der Waals surface area (Å²) in [5.41, 5.74) is 13.2. The lowest BCUT2D eigenvalue weighted by atomic mass is 10.1. The third-order valence-electron chi connectivity index (χ3n) is 6.08. The molecule has 2 aliphatic rings. The Bertz CT molecular complexity index is 1210. The normalized spacial score (nSPS) is 12.7. The molecule has 0 unspecified atom stereocenters. The van der Waals surface area contributed by atoms with Crippen LogP contribution in [-0.4, -0.2) is 19.6 Å². The Balaban J connectivity index is 0.000000122. The minimum Gasteiger partial charge on any atom is -0.272 e. The highest BCUT2D eigenvalue weighted by Crippen LogP contribution is 2.38. The summed E-state index contributed by atoms with van der Waals surface area (Å²) in [5.74, 6) is 0. The first kappa shape index (κ1) is 17.0. The standard InChI is InChI=1S/2C12H12N2/c1-8-11-7-9-5-3-4-6-10(9)12(11)13-14(8)2;1-8-11-7-9-5-3-4-6-10(9)12(11)14(2)13-8/h2*3-6H,7H2,1-2H3. The Morgan fingerprint density at radius 2 is 1.32 bits per heavy atom. The van der Waals surface area contributed by atoms with Crippen molar-refractivity contribution in [1.82, 2.24) is 19.6 Å². The van der Waals surface area contributed by atoms with Crippen molar-refractivity contribution in [2.75, 3.05) is 0 Å². The molecule has 0 spiro atoms. The van der Waals surface area contributed by atoms with Crippen LogP contribution in [0.1, 0.15) is 33.6 Å². The third kappa shape index (κ3) is 2.44. The van der Waals surface area contributed by atoms with Gasteiger partial charge in [-0.05, 0) is 25.0 Å². The first-order chi connectivity index (χ1) is 13.5. The minimum atomic E-state index is 1.05. The monoisotopic (exact) mass is 368 g/mol. The van der Waals surface area contributed by atoms with Gasteiger partial charge in [-0.15, -0.1) is 0 Å². The molecular weight excluding hydrogens is 344 g/mol. The molecular formula is C24H24N4. The fourth-order valence-corrected chi connectivity index (χ4v) is 4.52. The quantitative estimate of drug-likeness (QED) is 0.393. The maximum atomic E-state index is 4.55. The molecule has 0 bridgehead atoms. The number of aryl methyl sites for hydroxylation is 3. The topological polar surface area (TPSA) is 35.6 Å². The lowest BCUT2D eigenvalue weighted by Gasteiger charge is -2.00. The zero-order valence-electron chi connectivity index (χ0n) is 16.8. The van der Waals surface area contributed by atoms with Crippen molar-refractivity contribution in [2.24, 2.45) is 14.1 Å². The Kier molecular flexibility index (Phi) is 3.76. The molecule has 0 N–H and O–H groups in total. The summed E-state index contributed by atoms with van der Waals surface area (Å²) in [6.07, 6.45) is 2.09. The maximum Gasteiger partial charge on any atom is 0.0964 e. The van der Waals surface area contributed by atoms with Gasteiger partial charge in [-0.1, -0.05) is 48.5 Å². The fraction of sp³-hybridized carbons (Fsp3) is 0.250. The Morgan fingerprint density at radius 3 is 2.07 bits per heavy atom. The van der Waals surface area contributed by atoms with E-state index in [1.807, 2.05) is 23.5 Å². The smallest absolute Gasteiger partial charge is 0.0964 e. The molecule has 6 rings (SSSR count). The van der Waals surface area contributed by atoms with Crippen molar-refractivity contribution in [3.05, 3.63) is 82.2 Å². The molecule has 2 aromatic carbocycles. The van der Waals surface area contributed by atoms with E-state index in [1.54, 1.807) is 0 Å². The zero-order chi connectivity index (χ0) is 19.4. The van der Waals surface area contributed by atoms with Crippen molar-refractivity contribution in [3.8, 4) is 22.5 Å². The van der Waals surface area contributed by atoms with E-state index in [0.29, 0.717) is 0 Å². The van der Waals surface area contributed by atoms with Crippen LogP contribution < -0.4 is 0 Å². The van der Waals surface area contributed by atoms with Gasteiger partial charge in [0.25, 0.3) is 0 Å². The molecule has 0 radical (unpaired) electrons. The van der Waals surface area contributed by atoms with E-state index in [0.717, 1.165) is 12.8 Å². The van der Waals surface area contributed by atoms with Crippen LogP contribution in [0, 0.1) is 13.8 Å². The van der Waals surface area contributed by atoms with Gasteiger partial charge in [-0.25, -0.2) is 0 Å². The molecule has 2 aliphatic carbocycles. The van der Waals surface area contributed by atoms with Gasteiger partial charge in [0.15, 0.2) is 0 Å². The molecule has 0 saturated heterocycles. The summed E-state index contributed by atoms with van der Waals surface area (Å²) in [6.45, 7) is 4.22. The van der Waals surface area contributed by atoms with Crippen molar-refractivity contribution in [3.63, 3.8) is 0 Å². The number of rotatable bonds is 0. The van der Waals surface area contributed by atoms with Crippen LogP contribution in [0.5, 0.6) is 0 Å². The maximum absolute atomic E-state index is 4.55. The number of fused-ring (bicyclic) bond motifs is 6. The van der Waals surface area contributed by atoms with E-state index in [9.17, 15) is 0 Å². The van der Waals surface area contributed by atoms with E-state index in [1.165, 1.54) is 56.2 Å². The average Bonchev–Trinajstić information content (AvgIpc) is 3.40. The van der Waals surface area contributed by atoms with Crippen molar-refractivity contribution >= 4 is 0 Å². The average molecular weight is 368 g/mol. The Hall–Kier alpha value is -3.14.